The summed E-state index contributed by atoms with van der Waals surface area (Å²) in [6.07, 6.45) is 10.7. The van der Waals surface area contributed by atoms with Crippen LogP contribution in [0.15, 0.2) is 42.5 Å². The molecule has 0 aromatic heterocycles. The van der Waals surface area contributed by atoms with E-state index >= 15 is 0 Å². The average molecular weight is 515 g/mol. The minimum atomic E-state index is -3.34. The van der Waals surface area contributed by atoms with Gasteiger partial charge < -0.3 is 4.74 Å². The van der Waals surface area contributed by atoms with Gasteiger partial charge in [-0.15, -0.1) is 0 Å². The zero-order valence-electron chi connectivity index (χ0n) is 22.8. The van der Waals surface area contributed by atoms with Crippen LogP contribution in [0.4, 0.5) is 13.2 Å². The van der Waals surface area contributed by atoms with E-state index in [1.54, 1.807) is 24.3 Å². The summed E-state index contributed by atoms with van der Waals surface area (Å²) in [5, 5.41) is 0. The summed E-state index contributed by atoms with van der Waals surface area (Å²) < 4.78 is 48.9. The molecule has 2 aliphatic carbocycles. The van der Waals surface area contributed by atoms with Crippen LogP contribution in [-0.2, 0) is 17.8 Å². The van der Waals surface area contributed by atoms with E-state index in [9.17, 15) is 13.2 Å². The number of halogens is 3. The molecule has 0 bridgehead atoms. The highest BCUT2D eigenvalue weighted by Gasteiger charge is 2.31. The standard InChI is InChI=1S/C33H45F3O/c1-3-4-5-6-25-9-15-29(16-10-25)30-19-20-31(32(34)21-30)23-37-33(35,36)22-26-11-17-28(18-12-26)27-13-7-24(2)8-14-27/h11-12,17-21,24-25,27,29H,3-10,13-16,22-23H2,1-2H3. The molecule has 2 saturated carbocycles. The quantitative estimate of drug-likeness (QED) is 0.271. The highest BCUT2D eigenvalue weighted by Crippen LogP contribution is 2.39. The normalized spacial score (nSPS) is 24.8. The first-order valence-corrected chi connectivity index (χ1v) is 14.7. The van der Waals surface area contributed by atoms with Crippen molar-refractivity contribution in [3.8, 4) is 0 Å². The second-order valence-electron chi connectivity index (χ2n) is 11.9. The zero-order chi connectivity index (χ0) is 26.3. The predicted molar refractivity (Wildman–Crippen MR) is 145 cm³/mol. The van der Waals surface area contributed by atoms with Crippen molar-refractivity contribution >= 4 is 0 Å². The van der Waals surface area contributed by atoms with Crippen LogP contribution in [-0.4, -0.2) is 6.11 Å². The van der Waals surface area contributed by atoms with Gasteiger partial charge in [-0.1, -0.05) is 88.8 Å². The molecule has 0 N–H and O–H groups in total. The van der Waals surface area contributed by atoms with Gasteiger partial charge in [0, 0.05) is 5.56 Å². The van der Waals surface area contributed by atoms with E-state index in [0.29, 0.717) is 17.4 Å². The minimum absolute atomic E-state index is 0.193. The third-order valence-corrected chi connectivity index (χ3v) is 8.93. The lowest BCUT2D eigenvalue weighted by Gasteiger charge is -2.29. The molecule has 0 radical (unpaired) electrons. The Kier molecular flexibility index (Phi) is 10.1. The smallest absolute Gasteiger partial charge is 0.315 e. The van der Waals surface area contributed by atoms with Crippen molar-refractivity contribution in [2.75, 3.05) is 0 Å². The van der Waals surface area contributed by atoms with Crippen molar-refractivity contribution < 1.29 is 17.9 Å². The summed E-state index contributed by atoms with van der Waals surface area (Å²) in [6.45, 7) is 4.10. The fraction of sp³-hybridized carbons (Fsp3) is 0.636. The van der Waals surface area contributed by atoms with E-state index in [1.165, 1.54) is 69.8 Å². The van der Waals surface area contributed by atoms with Gasteiger partial charge in [-0.3, -0.25) is 0 Å². The molecule has 2 aromatic rings. The summed E-state index contributed by atoms with van der Waals surface area (Å²) in [5.41, 5.74) is 2.97. The molecule has 37 heavy (non-hydrogen) atoms. The average Bonchev–Trinajstić information content (AvgIpc) is 2.89. The first-order chi connectivity index (χ1) is 17.8. The summed E-state index contributed by atoms with van der Waals surface area (Å²) in [4.78, 5) is 0. The summed E-state index contributed by atoms with van der Waals surface area (Å²) >= 11 is 0. The van der Waals surface area contributed by atoms with Crippen LogP contribution in [0.5, 0.6) is 0 Å². The predicted octanol–water partition coefficient (Wildman–Crippen LogP) is 10.3. The van der Waals surface area contributed by atoms with Crippen molar-refractivity contribution in [3.63, 3.8) is 0 Å². The molecule has 4 rings (SSSR count). The van der Waals surface area contributed by atoms with Gasteiger partial charge in [0.1, 0.15) is 5.82 Å². The Morgan fingerprint density at radius 2 is 1.43 bits per heavy atom. The molecular weight excluding hydrogens is 469 g/mol. The molecule has 0 atom stereocenters. The van der Waals surface area contributed by atoms with Crippen LogP contribution in [0.2, 0.25) is 0 Å². The van der Waals surface area contributed by atoms with Crippen LogP contribution >= 0.6 is 0 Å². The van der Waals surface area contributed by atoms with E-state index in [2.05, 4.69) is 13.8 Å². The van der Waals surface area contributed by atoms with Crippen LogP contribution in [0.3, 0.4) is 0 Å². The molecule has 0 aliphatic heterocycles. The molecule has 0 unspecified atom stereocenters. The van der Waals surface area contributed by atoms with E-state index in [4.69, 9.17) is 4.74 Å². The highest BCUT2D eigenvalue weighted by molar-refractivity contribution is 5.28. The Labute approximate surface area is 222 Å². The number of hydrogen-bond donors (Lipinski definition) is 0. The van der Waals surface area contributed by atoms with E-state index < -0.39 is 25.0 Å². The highest BCUT2D eigenvalue weighted by atomic mass is 19.3. The maximum Gasteiger partial charge on any atom is 0.360 e. The maximum atomic E-state index is 14.8. The number of unbranched alkanes of at least 4 members (excludes halogenated alkanes) is 2. The Bertz CT molecular complexity index is 954. The van der Waals surface area contributed by atoms with Crippen molar-refractivity contribution in [1.29, 1.82) is 0 Å². The SMILES string of the molecule is CCCCCC1CCC(c2ccc(COC(F)(F)Cc3ccc(C4CCC(C)CC4)cc3)c(F)c2)CC1. The number of rotatable bonds is 11. The lowest BCUT2D eigenvalue weighted by molar-refractivity contribution is -0.244. The summed E-state index contributed by atoms with van der Waals surface area (Å²) in [7, 11) is 0. The fourth-order valence-corrected chi connectivity index (χ4v) is 6.38. The Balaban J connectivity index is 1.25. The summed E-state index contributed by atoms with van der Waals surface area (Å²) in [6, 6.07) is 12.6. The van der Waals surface area contributed by atoms with Gasteiger partial charge in [0.2, 0.25) is 0 Å². The van der Waals surface area contributed by atoms with Crippen molar-refractivity contribution in [2.24, 2.45) is 11.8 Å². The largest absolute Gasteiger partial charge is 0.360 e. The Morgan fingerprint density at radius 3 is 2.08 bits per heavy atom. The molecule has 2 aliphatic rings. The van der Waals surface area contributed by atoms with Crippen LogP contribution in [0, 0.1) is 17.7 Å². The molecule has 0 spiro atoms. The number of benzene rings is 2. The second-order valence-corrected chi connectivity index (χ2v) is 11.9. The van der Waals surface area contributed by atoms with Crippen LogP contribution in [0.1, 0.15) is 125 Å². The molecule has 2 fully saturated rings. The number of ether oxygens (including phenoxy) is 1. The van der Waals surface area contributed by atoms with Crippen LogP contribution < -0.4 is 0 Å². The molecule has 2 aromatic carbocycles. The summed E-state index contributed by atoms with van der Waals surface area (Å²) in [5.74, 6) is 2.05. The number of alkyl halides is 2. The van der Waals surface area contributed by atoms with Crippen molar-refractivity contribution in [3.05, 3.63) is 70.5 Å². The first kappa shape index (κ1) is 28.2. The molecule has 1 nitrogen and oxygen atoms in total. The lowest BCUT2D eigenvalue weighted by atomic mass is 9.77. The van der Waals surface area contributed by atoms with Gasteiger partial charge in [0.25, 0.3) is 0 Å². The van der Waals surface area contributed by atoms with E-state index in [0.717, 1.165) is 30.2 Å². The lowest BCUT2D eigenvalue weighted by Crippen LogP contribution is -2.24. The van der Waals surface area contributed by atoms with Gasteiger partial charge in [-0.25, -0.2) is 4.39 Å². The Morgan fingerprint density at radius 1 is 0.811 bits per heavy atom. The second kappa shape index (κ2) is 13.3. The van der Waals surface area contributed by atoms with E-state index in [1.807, 2.05) is 18.2 Å². The van der Waals surface area contributed by atoms with Gasteiger partial charge in [-0.2, -0.15) is 8.78 Å². The minimum Gasteiger partial charge on any atom is -0.315 e. The van der Waals surface area contributed by atoms with Gasteiger partial charge >= 0.3 is 6.11 Å². The van der Waals surface area contributed by atoms with Crippen LogP contribution in [0.25, 0.3) is 0 Å². The third-order valence-electron chi connectivity index (χ3n) is 8.93. The van der Waals surface area contributed by atoms with Gasteiger partial charge in [0.15, 0.2) is 0 Å². The monoisotopic (exact) mass is 514 g/mol. The third kappa shape index (κ3) is 8.34. The Hall–Kier alpha value is -1.81. The van der Waals surface area contributed by atoms with Gasteiger partial charge in [-0.05, 0) is 85.0 Å². The molecule has 0 amide bonds. The molecule has 0 saturated heterocycles. The maximum absolute atomic E-state index is 14.8. The van der Waals surface area contributed by atoms with E-state index in [-0.39, 0.29) is 5.56 Å². The molecule has 4 heteroatoms. The van der Waals surface area contributed by atoms with Crippen molar-refractivity contribution in [1.82, 2.24) is 0 Å². The van der Waals surface area contributed by atoms with Crippen molar-refractivity contribution in [2.45, 2.75) is 122 Å². The molecule has 204 valence electrons. The fourth-order valence-electron chi connectivity index (χ4n) is 6.38. The first-order valence-electron chi connectivity index (χ1n) is 14.7. The molecule has 0 heterocycles. The number of hydrogen-bond acceptors (Lipinski definition) is 1. The zero-order valence-corrected chi connectivity index (χ0v) is 22.8. The van der Waals surface area contributed by atoms with Gasteiger partial charge in [0.05, 0.1) is 13.0 Å². The topological polar surface area (TPSA) is 9.23 Å². The molecular formula is C33H45F3O.